The number of aliphatic imine (C=N–C) groups is 1. The molecule has 1 fully saturated rings. The van der Waals surface area contributed by atoms with Crippen molar-refractivity contribution in [1.82, 2.24) is 10.0 Å². The lowest BCUT2D eigenvalue weighted by molar-refractivity contribution is -0.105. The van der Waals surface area contributed by atoms with Crippen LogP contribution in [0.15, 0.2) is 29.4 Å². The first-order valence-electron chi connectivity index (χ1n) is 5.69. The highest BCUT2D eigenvalue weighted by Gasteiger charge is 2.17. The van der Waals surface area contributed by atoms with E-state index in [4.69, 9.17) is 5.73 Å². The Kier molecular flexibility index (Phi) is 3.89. The predicted octanol–water partition coefficient (Wildman–Crippen LogP) is 0.662. The molecule has 0 bridgehead atoms. The van der Waals surface area contributed by atoms with E-state index >= 15 is 0 Å². The van der Waals surface area contributed by atoms with Crippen LogP contribution in [-0.4, -0.2) is 40.3 Å². The molecule has 0 radical (unpaired) electrons. The van der Waals surface area contributed by atoms with Gasteiger partial charge in [-0.15, -0.1) is 0 Å². The standard InChI is InChI=1S/C11H17N5O/c12-11(15-10-3-1-2-6-13-10)14-9-4-7-16(17)8-5-9/h1-3,6,9,17H,4-5,7-8H2,(H3,12,13,14,15). The third-order valence-corrected chi connectivity index (χ3v) is 2.68. The van der Waals surface area contributed by atoms with Gasteiger partial charge in [-0.25, -0.2) is 9.98 Å². The summed E-state index contributed by atoms with van der Waals surface area (Å²) in [6.07, 6.45) is 3.34. The summed E-state index contributed by atoms with van der Waals surface area (Å²) in [6, 6.07) is 5.73. The van der Waals surface area contributed by atoms with Gasteiger partial charge in [0, 0.05) is 19.3 Å². The van der Waals surface area contributed by atoms with Crippen LogP contribution >= 0.6 is 0 Å². The minimum Gasteiger partial charge on any atom is -0.370 e. The summed E-state index contributed by atoms with van der Waals surface area (Å²) in [5.41, 5.74) is 5.79. The van der Waals surface area contributed by atoms with Gasteiger partial charge in [-0.3, -0.25) is 0 Å². The van der Waals surface area contributed by atoms with Gasteiger partial charge in [-0.1, -0.05) is 6.07 Å². The van der Waals surface area contributed by atoms with E-state index in [0.717, 1.165) is 12.8 Å². The first kappa shape index (κ1) is 11.8. The highest BCUT2D eigenvalue weighted by molar-refractivity contribution is 5.91. The van der Waals surface area contributed by atoms with Gasteiger partial charge < -0.3 is 16.3 Å². The fraction of sp³-hybridized carbons (Fsp3) is 0.455. The number of nitrogens with one attached hydrogen (secondary N) is 1. The SMILES string of the molecule is NC(=NC1CCN(O)CC1)Nc1ccccn1. The van der Waals surface area contributed by atoms with Crippen molar-refractivity contribution in [3.63, 3.8) is 0 Å². The van der Waals surface area contributed by atoms with Crippen molar-refractivity contribution in [2.24, 2.45) is 10.7 Å². The highest BCUT2D eigenvalue weighted by atomic mass is 16.5. The molecule has 1 saturated heterocycles. The van der Waals surface area contributed by atoms with Gasteiger partial charge in [0.15, 0.2) is 5.96 Å². The summed E-state index contributed by atoms with van der Waals surface area (Å²) >= 11 is 0. The molecule has 1 aliphatic rings. The van der Waals surface area contributed by atoms with E-state index < -0.39 is 0 Å². The Hall–Kier alpha value is -1.66. The number of hydroxylamine groups is 2. The third kappa shape index (κ3) is 3.69. The number of aromatic nitrogens is 1. The van der Waals surface area contributed by atoms with Crippen LogP contribution in [0.25, 0.3) is 0 Å². The number of anilines is 1. The van der Waals surface area contributed by atoms with Gasteiger partial charge in [0.2, 0.25) is 0 Å². The lowest BCUT2D eigenvalue weighted by Crippen LogP contribution is -2.34. The molecule has 0 unspecified atom stereocenters. The number of hydrogen-bond donors (Lipinski definition) is 3. The molecule has 2 heterocycles. The zero-order valence-electron chi connectivity index (χ0n) is 9.58. The monoisotopic (exact) mass is 235 g/mol. The summed E-state index contributed by atoms with van der Waals surface area (Å²) in [6.45, 7) is 1.29. The van der Waals surface area contributed by atoms with Crippen LogP contribution in [0, 0.1) is 0 Å². The Morgan fingerprint density at radius 3 is 2.88 bits per heavy atom. The zero-order valence-corrected chi connectivity index (χ0v) is 9.58. The topological polar surface area (TPSA) is 86.8 Å². The van der Waals surface area contributed by atoms with Gasteiger partial charge in [0.1, 0.15) is 5.82 Å². The molecular weight excluding hydrogens is 218 g/mol. The van der Waals surface area contributed by atoms with Gasteiger partial charge in [0.05, 0.1) is 6.04 Å². The summed E-state index contributed by atoms with van der Waals surface area (Å²) in [5, 5.41) is 13.5. The van der Waals surface area contributed by atoms with Crippen LogP contribution in [0.2, 0.25) is 0 Å². The molecule has 6 nitrogen and oxygen atoms in total. The average Bonchev–Trinajstić information content (AvgIpc) is 2.33. The maximum Gasteiger partial charge on any atom is 0.194 e. The fourth-order valence-electron chi connectivity index (χ4n) is 1.78. The normalized spacial score (nSPS) is 19.2. The van der Waals surface area contributed by atoms with E-state index in [1.807, 2.05) is 18.2 Å². The Morgan fingerprint density at radius 2 is 2.24 bits per heavy atom. The number of piperidine rings is 1. The molecule has 4 N–H and O–H groups in total. The highest BCUT2D eigenvalue weighted by Crippen LogP contribution is 2.11. The molecule has 0 amide bonds. The molecule has 92 valence electrons. The first-order chi connectivity index (χ1) is 8.24. The number of guanidine groups is 1. The number of nitrogens with zero attached hydrogens (tertiary/aromatic N) is 3. The summed E-state index contributed by atoms with van der Waals surface area (Å²) < 4.78 is 0. The van der Waals surface area contributed by atoms with E-state index in [1.54, 1.807) is 6.20 Å². The Balaban J connectivity index is 1.89. The molecule has 17 heavy (non-hydrogen) atoms. The van der Waals surface area contributed by atoms with Crippen molar-refractivity contribution in [1.29, 1.82) is 0 Å². The third-order valence-electron chi connectivity index (χ3n) is 2.68. The van der Waals surface area contributed by atoms with Crippen LogP contribution in [-0.2, 0) is 0 Å². The number of pyridine rings is 1. The molecule has 1 aliphatic heterocycles. The molecule has 0 atom stereocenters. The Labute approximate surface area is 100 Å². The second-order valence-electron chi connectivity index (χ2n) is 4.04. The van der Waals surface area contributed by atoms with Crippen molar-refractivity contribution in [2.75, 3.05) is 18.4 Å². The minimum absolute atomic E-state index is 0.176. The van der Waals surface area contributed by atoms with E-state index in [9.17, 15) is 5.21 Å². The maximum atomic E-state index is 9.22. The molecule has 0 spiro atoms. The smallest absolute Gasteiger partial charge is 0.194 e. The lowest BCUT2D eigenvalue weighted by Gasteiger charge is -2.25. The Bertz CT molecular complexity index is 373. The summed E-state index contributed by atoms with van der Waals surface area (Å²) in [4.78, 5) is 8.47. The summed E-state index contributed by atoms with van der Waals surface area (Å²) in [7, 11) is 0. The molecule has 2 rings (SSSR count). The van der Waals surface area contributed by atoms with Crippen LogP contribution in [0.4, 0.5) is 5.82 Å². The van der Waals surface area contributed by atoms with Crippen LogP contribution in [0.1, 0.15) is 12.8 Å². The van der Waals surface area contributed by atoms with Crippen molar-refractivity contribution in [3.05, 3.63) is 24.4 Å². The van der Waals surface area contributed by atoms with Crippen LogP contribution in [0.5, 0.6) is 0 Å². The van der Waals surface area contributed by atoms with Crippen molar-refractivity contribution < 1.29 is 5.21 Å². The van der Waals surface area contributed by atoms with E-state index in [1.165, 1.54) is 5.06 Å². The van der Waals surface area contributed by atoms with Gasteiger partial charge in [0.25, 0.3) is 0 Å². The lowest BCUT2D eigenvalue weighted by atomic mass is 10.1. The van der Waals surface area contributed by atoms with Gasteiger partial charge in [-0.05, 0) is 25.0 Å². The second-order valence-corrected chi connectivity index (χ2v) is 4.04. The molecule has 0 aliphatic carbocycles. The van der Waals surface area contributed by atoms with Crippen molar-refractivity contribution >= 4 is 11.8 Å². The van der Waals surface area contributed by atoms with E-state index in [0.29, 0.717) is 24.9 Å². The van der Waals surface area contributed by atoms with Gasteiger partial charge >= 0.3 is 0 Å². The van der Waals surface area contributed by atoms with E-state index in [-0.39, 0.29) is 6.04 Å². The molecule has 0 aromatic carbocycles. The molecule has 1 aromatic heterocycles. The predicted molar refractivity (Wildman–Crippen MR) is 65.9 cm³/mol. The zero-order chi connectivity index (χ0) is 12.1. The maximum absolute atomic E-state index is 9.22. The Morgan fingerprint density at radius 1 is 1.47 bits per heavy atom. The van der Waals surface area contributed by atoms with Gasteiger partial charge in [-0.2, -0.15) is 5.06 Å². The van der Waals surface area contributed by atoms with E-state index in [2.05, 4.69) is 15.3 Å². The number of rotatable bonds is 2. The number of nitrogens with two attached hydrogens (primary N) is 1. The molecule has 1 aromatic rings. The quantitative estimate of drug-likeness (QED) is 0.518. The second kappa shape index (κ2) is 5.60. The fourth-order valence-corrected chi connectivity index (χ4v) is 1.78. The molecular formula is C11H17N5O. The summed E-state index contributed by atoms with van der Waals surface area (Å²) in [5.74, 6) is 1.06. The van der Waals surface area contributed by atoms with Crippen molar-refractivity contribution in [3.8, 4) is 0 Å². The van der Waals surface area contributed by atoms with Crippen molar-refractivity contribution in [2.45, 2.75) is 18.9 Å². The number of hydrogen-bond acceptors (Lipinski definition) is 4. The minimum atomic E-state index is 0.176. The first-order valence-corrected chi connectivity index (χ1v) is 5.69. The average molecular weight is 235 g/mol. The van der Waals surface area contributed by atoms with Crippen LogP contribution < -0.4 is 11.1 Å². The molecule has 0 saturated carbocycles. The largest absolute Gasteiger partial charge is 0.370 e. The molecule has 6 heteroatoms. The van der Waals surface area contributed by atoms with Crippen LogP contribution in [0.3, 0.4) is 0 Å².